The summed E-state index contributed by atoms with van der Waals surface area (Å²) in [5.74, 6) is 1.18. The second-order valence-electron chi connectivity index (χ2n) is 7.00. The molecule has 2 aromatic rings. The van der Waals surface area contributed by atoms with Crippen LogP contribution in [-0.2, 0) is 11.2 Å². The van der Waals surface area contributed by atoms with Crippen LogP contribution in [0.3, 0.4) is 0 Å². The van der Waals surface area contributed by atoms with Crippen molar-refractivity contribution in [3.8, 4) is 0 Å². The first-order valence-electron chi connectivity index (χ1n) is 9.55. The summed E-state index contributed by atoms with van der Waals surface area (Å²) in [5, 5.41) is 3.43. The fourth-order valence-corrected chi connectivity index (χ4v) is 3.21. The minimum Gasteiger partial charge on any atom is -0.459 e. The number of aromatic nitrogens is 3. The molecule has 1 atom stereocenters. The Morgan fingerprint density at radius 2 is 2.22 bits per heavy atom. The van der Waals surface area contributed by atoms with Gasteiger partial charge in [0.25, 0.3) is 0 Å². The number of piperidine rings is 1. The lowest BCUT2D eigenvalue weighted by molar-refractivity contribution is 0.0378. The van der Waals surface area contributed by atoms with Gasteiger partial charge in [0.1, 0.15) is 23.5 Å². The second kappa shape index (κ2) is 8.79. The van der Waals surface area contributed by atoms with Gasteiger partial charge in [-0.05, 0) is 45.2 Å². The third-order valence-electron chi connectivity index (χ3n) is 4.53. The Kier molecular flexibility index (Phi) is 6.21. The van der Waals surface area contributed by atoms with Crippen molar-refractivity contribution in [1.82, 2.24) is 15.0 Å². The summed E-state index contributed by atoms with van der Waals surface area (Å²) in [7, 11) is 0. The third-order valence-corrected chi connectivity index (χ3v) is 4.53. The number of ether oxygens (including phenoxy) is 1. The van der Waals surface area contributed by atoms with E-state index in [1.165, 1.54) is 0 Å². The molecule has 2 aromatic heterocycles. The standard InChI is InChI=1S/C20H27N5O2/c1-4-15-11-18(23-13-22-15)25-10-6-7-16(12-25)24-19-17(8-5-9-21-19)20(26)27-14(2)3/h5,8-9,11,13-14,16H,4,6-7,10,12H2,1-3H3,(H,21,24). The molecule has 1 aliphatic heterocycles. The topological polar surface area (TPSA) is 80.2 Å². The summed E-state index contributed by atoms with van der Waals surface area (Å²) in [4.78, 5) is 27.7. The van der Waals surface area contributed by atoms with Crippen LogP contribution < -0.4 is 10.2 Å². The maximum atomic E-state index is 12.3. The zero-order valence-electron chi connectivity index (χ0n) is 16.2. The number of pyridine rings is 1. The molecule has 0 saturated carbocycles. The van der Waals surface area contributed by atoms with Gasteiger partial charge in [-0.2, -0.15) is 0 Å². The highest BCUT2D eigenvalue weighted by molar-refractivity contribution is 5.94. The largest absolute Gasteiger partial charge is 0.459 e. The van der Waals surface area contributed by atoms with Gasteiger partial charge in [-0.15, -0.1) is 0 Å². The Balaban J connectivity index is 1.72. The first-order valence-corrected chi connectivity index (χ1v) is 9.55. The molecular weight excluding hydrogens is 342 g/mol. The van der Waals surface area contributed by atoms with Gasteiger partial charge < -0.3 is 15.0 Å². The highest BCUT2D eigenvalue weighted by Crippen LogP contribution is 2.22. The summed E-state index contributed by atoms with van der Waals surface area (Å²) in [6.07, 6.45) is 6.09. The Labute approximate surface area is 160 Å². The third kappa shape index (κ3) is 4.93. The van der Waals surface area contributed by atoms with Crippen molar-refractivity contribution in [1.29, 1.82) is 0 Å². The average molecular weight is 369 g/mol. The number of anilines is 2. The van der Waals surface area contributed by atoms with E-state index < -0.39 is 0 Å². The number of rotatable bonds is 6. The summed E-state index contributed by atoms with van der Waals surface area (Å²) >= 11 is 0. The summed E-state index contributed by atoms with van der Waals surface area (Å²) in [5.41, 5.74) is 1.51. The van der Waals surface area contributed by atoms with Crippen LogP contribution in [0.15, 0.2) is 30.7 Å². The zero-order valence-corrected chi connectivity index (χ0v) is 16.2. The predicted octanol–water partition coefficient (Wildman–Crippen LogP) is 3.08. The van der Waals surface area contributed by atoms with Crippen molar-refractivity contribution in [2.75, 3.05) is 23.3 Å². The number of hydrogen-bond acceptors (Lipinski definition) is 7. The van der Waals surface area contributed by atoms with Crippen LogP contribution in [0.1, 0.15) is 49.7 Å². The van der Waals surface area contributed by atoms with Crippen LogP contribution in [0.5, 0.6) is 0 Å². The van der Waals surface area contributed by atoms with Crippen LogP contribution in [0.2, 0.25) is 0 Å². The average Bonchev–Trinajstić information content (AvgIpc) is 2.68. The van der Waals surface area contributed by atoms with Crippen LogP contribution in [0.25, 0.3) is 0 Å². The van der Waals surface area contributed by atoms with E-state index in [1.807, 2.05) is 13.8 Å². The molecular formula is C20H27N5O2. The SMILES string of the molecule is CCc1cc(N2CCCC(Nc3ncccc3C(=O)OC(C)C)C2)ncn1. The van der Waals surface area contributed by atoms with E-state index in [0.717, 1.165) is 43.9 Å². The van der Waals surface area contributed by atoms with E-state index in [2.05, 4.69) is 38.2 Å². The Morgan fingerprint density at radius 1 is 1.37 bits per heavy atom. The van der Waals surface area contributed by atoms with Crippen LogP contribution in [0.4, 0.5) is 11.6 Å². The number of nitrogens with one attached hydrogen (secondary N) is 1. The highest BCUT2D eigenvalue weighted by atomic mass is 16.5. The molecule has 27 heavy (non-hydrogen) atoms. The van der Waals surface area contributed by atoms with E-state index >= 15 is 0 Å². The van der Waals surface area contributed by atoms with Crippen LogP contribution >= 0.6 is 0 Å². The summed E-state index contributed by atoms with van der Waals surface area (Å²) in [6, 6.07) is 5.73. The number of nitrogens with zero attached hydrogens (tertiary/aromatic N) is 4. The molecule has 1 aliphatic rings. The fourth-order valence-electron chi connectivity index (χ4n) is 3.21. The number of esters is 1. The number of aryl methyl sites for hydroxylation is 1. The lowest BCUT2D eigenvalue weighted by Gasteiger charge is -2.34. The Morgan fingerprint density at radius 3 is 3.00 bits per heavy atom. The molecule has 144 valence electrons. The van der Waals surface area contributed by atoms with Gasteiger partial charge in [0, 0.05) is 37.1 Å². The van der Waals surface area contributed by atoms with E-state index in [-0.39, 0.29) is 18.1 Å². The van der Waals surface area contributed by atoms with E-state index in [1.54, 1.807) is 24.7 Å². The zero-order chi connectivity index (χ0) is 19.2. The molecule has 0 aromatic carbocycles. The molecule has 7 nitrogen and oxygen atoms in total. The molecule has 0 bridgehead atoms. The van der Waals surface area contributed by atoms with Crippen molar-refractivity contribution in [2.24, 2.45) is 0 Å². The first kappa shape index (κ1) is 19.1. The number of carbonyl (C=O) groups excluding carboxylic acids is 1. The summed E-state index contributed by atoms with van der Waals surface area (Å²) in [6.45, 7) is 7.53. The van der Waals surface area contributed by atoms with Gasteiger partial charge in [-0.3, -0.25) is 0 Å². The molecule has 3 rings (SSSR count). The smallest absolute Gasteiger partial charge is 0.342 e. The molecule has 3 heterocycles. The minimum absolute atomic E-state index is 0.166. The van der Waals surface area contributed by atoms with Crippen LogP contribution in [-0.4, -0.2) is 46.2 Å². The number of carbonyl (C=O) groups is 1. The molecule has 1 unspecified atom stereocenters. The molecule has 0 aliphatic carbocycles. The van der Waals surface area contributed by atoms with Gasteiger partial charge in [0.2, 0.25) is 0 Å². The lowest BCUT2D eigenvalue weighted by Crippen LogP contribution is -2.43. The van der Waals surface area contributed by atoms with Gasteiger partial charge in [-0.1, -0.05) is 6.92 Å². The monoisotopic (exact) mass is 369 g/mol. The maximum Gasteiger partial charge on any atom is 0.342 e. The van der Waals surface area contributed by atoms with Crippen molar-refractivity contribution in [3.05, 3.63) is 42.0 Å². The van der Waals surface area contributed by atoms with Crippen molar-refractivity contribution >= 4 is 17.6 Å². The summed E-state index contributed by atoms with van der Waals surface area (Å²) < 4.78 is 5.34. The quantitative estimate of drug-likeness (QED) is 0.784. The fraction of sp³-hybridized carbons (Fsp3) is 0.500. The van der Waals surface area contributed by atoms with E-state index in [4.69, 9.17) is 4.74 Å². The lowest BCUT2D eigenvalue weighted by atomic mass is 10.1. The normalized spacial score (nSPS) is 17.0. The molecule has 0 amide bonds. The Bertz CT molecular complexity index is 780. The van der Waals surface area contributed by atoms with Gasteiger partial charge in [-0.25, -0.2) is 19.7 Å². The molecule has 7 heteroatoms. The van der Waals surface area contributed by atoms with Crippen molar-refractivity contribution in [2.45, 2.75) is 52.2 Å². The number of hydrogen-bond donors (Lipinski definition) is 1. The molecule has 0 spiro atoms. The van der Waals surface area contributed by atoms with Gasteiger partial charge in [0.15, 0.2) is 0 Å². The Hall–Kier alpha value is -2.70. The van der Waals surface area contributed by atoms with Crippen molar-refractivity contribution < 1.29 is 9.53 Å². The first-order chi connectivity index (χ1) is 13.1. The van der Waals surface area contributed by atoms with Gasteiger partial charge in [0.05, 0.1) is 6.10 Å². The molecule has 1 fully saturated rings. The van der Waals surface area contributed by atoms with Gasteiger partial charge >= 0.3 is 5.97 Å². The van der Waals surface area contributed by atoms with Crippen LogP contribution in [0, 0.1) is 0 Å². The predicted molar refractivity (Wildman–Crippen MR) is 105 cm³/mol. The van der Waals surface area contributed by atoms with E-state index in [9.17, 15) is 4.79 Å². The molecule has 0 radical (unpaired) electrons. The minimum atomic E-state index is -0.350. The van der Waals surface area contributed by atoms with Crippen molar-refractivity contribution in [3.63, 3.8) is 0 Å². The molecule has 1 saturated heterocycles. The van der Waals surface area contributed by atoms with E-state index in [0.29, 0.717) is 11.4 Å². The second-order valence-corrected chi connectivity index (χ2v) is 7.00. The highest BCUT2D eigenvalue weighted by Gasteiger charge is 2.23. The molecule has 1 N–H and O–H groups in total. The maximum absolute atomic E-state index is 12.3.